The average molecular weight is 315 g/mol. The van der Waals surface area contributed by atoms with Crippen LogP contribution < -0.4 is 9.57 Å². The van der Waals surface area contributed by atoms with Gasteiger partial charge in [0.15, 0.2) is 11.5 Å². The maximum atomic E-state index is 12.5. The Morgan fingerprint density at radius 1 is 1.09 bits per heavy atom. The van der Waals surface area contributed by atoms with Gasteiger partial charge in [0.25, 0.3) is 0 Å². The fraction of sp³-hybridized carbons (Fsp3) is 0.333. The van der Waals surface area contributed by atoms with Gasteiger partial charge in [-0.15, -0.1) is 0 Å². The third kappa shape index (κ3) is 3.13. The molecule has 0 fully saturated rings. The predicted molar refractivity (Wildman–Crippen MR) is 87.7 cm³/mol. The Balaban J connectivity index is 2.75. The fourth-order valence-electron chi connectivity index (χ4n) is 2.48. The summed E-state index contributed by atoms with van der Waals surface area (Å²) in [5, 5.41) is 0. The monoisotopic (exact) mass is 315 g/mol. The first-order chi connectivity index (χ1) is 11.0. The van der Waals surface area contributed by atoms with Gasteiger partial charge in [-0.3, -0.25) is 9.59 Å². The zero-order valence-corrected chi connectivity index (χ0v) is 13.9. The van der Waals surface area contributed by atoms with Crippen LogP contribution in [-0.2, 0) is 4.79 Å². The molecule has 2 aromatic rings. The van der Waals surface area contributed by atoms with Crippen LogP contribution in [0.1, 0.15) is 42.7 Å². The number of hydrogen-bond donors (Lipinski definition) is 0. The Morgan fingerprint density at radius 3 is 2.26 bits per heavy atom. The lowest BCUT2D eigenvalue weighted by molar-refractivity contribution is -0.134. The molecular formula is C18H21NO4. The number of benzene rings is 1. The van der Waals surface area contributed by atoms with Crippen LogP contribution in [0.4, 0.5) is 0 Å². The number of aromatic nitrogens is 1. The average Bonchev–Trinajstić information content (AvgIpc) is 2.86. The van der Waals surface area contributed by atoms with Gasteiger partial charge in [-0.05, 0) is 6.92 Å². The lowest BCUT2D eigenvalue weighted by Gasteiger charge is -2.10. The molecule has 0 aliphatic heterocycles. The van der Waals surface area contributed by atoms with Gasteiger partial charge in [0.2, 0.25) is 0 Å². The van der Waals surface area contributed by atoms with Crippen molar-refractivity contribution in [3.8, 4) is 17.0 Å². The Hall–Kier alpha value is -2.56. The zero-order valence-electron chi connectivity index (χ0n) is 13.9. The second kappa shape index (κ2) is 7.13. The van der Waals surface area contributed by atoms with Gasteiger partial charge in [0.1, 0.15) is 12.8 Å². The molecule has 0 aliphatic rings. The molecule has 0 saturated carbocycles. The minimum Gasteiger partial charge on any atom is -0.424 e. The number of rotatable bonds is 6. The van der Waals surface area contributed by atoms with Crippen molar-refractivity contribution >= 4 is 11.8 Å². The molecule has 0 N–H and O–H groups in total. The molecule has 2 rings (SSSR count). The molecule has 0 spiro atoms. The van der Waals surface area contributed by atoms with E-state index in [9.17, 15) is 9.59 Å². The van der Waals surface area contributed by atoms with Crippen LogP contribution >= 0.6 is 0 Å². The van der Waals surface area contributed by atoms with E-state index in [1.54, 1.807) is 20.8 Å². The molecule has 1 aromatic carbocycles. The summed E-state index contributed by atoms with van der Waals surface area (Å²) < 4.78 is 6.97. The minimum absolute atomic E-state index is 0.0957. The second-order valence-corrected chi connectivity index (χ2v) is 5.09. The lowest BCUT2D eigenvalue weighted by atomic mass is 10.0. The summed E-state index contributed by atoms with van der Waals surface area (Å²) in [5.41, 5.74) is 2.41. The molecule has 0 aliphatic carbocycles. The van der Waals surface area contributed by atoms with Gasteiger partial charge in [-0.2, -0.15) is 4.73 Å². The number of carbonyl (C=O) groups is 2. The maximum absolute atomic E-state index is 12.5. The van der Waals surface area contributed by atoms with E-state index in [0.717, 1.165) is 5.56 Å². The molecule has 0 saturated heterocycles. The molecule has 122 valence electrons. The van der Waals surface area contributed by atoms with E-state index in [1.807, 2.05) is 30.3 Å². The molecule has 0 bridgehead atoms. The highest BCUT2D eigenvalue weighted by atomic mass is 16.6. The Kier molecular flexibility index (Phi) is 5.21. The van der Waals surface area contributed by atoms with E-state index in [0.29, 0.717) is 23.4 Å². The number of nitrogens with zero attached hydrogens (tertiary/aromatic N) is 1. The largest absolute Gasteiger partial charge is 0.424 e. The lowest BCUT2D eigenvalue weighted by Crippen LogP contribution is -2.10. The van der Waals surface area contributed by atoms with Gasteiger partial charge < -0.3 is 9.57 Å². The number of Topliss-reactive ketones (excluding diaryl/α,β-unsaturated/α-hetero) is 1. The Morgan fingerprint density at radius 2 is 1.74 bits per heavy atom. The number of hydrogen-bond acceptors (Lipinski definition) is 4. The Bertz CT molecular complexity index is 716. The van der Waals surface area contributed by atoms with Crippen molar-refractivity contribution in [2.45, 2.75) is 33.6 Å². The van der Waals surface area contributed by atoms with E-state index in [2.05, 4.69) is 0 Å². The van der Waals surface area contributed by atoms with E-state index in [4.69, 9.17) is 9.57 Å². The highest BCUT2D eigenvalue weighted by molar-refractivity contribution is 6.05. The summed E-state index contributed by atoms with van der Waals surface area (Å²) in [4.78, 5) is 29.7. The normalized spacial score (nSPS) is 10.4. The van der Waals surface area contributed by atoms with Crippen LogP contribution in [0.3, 0.4) is 0 Å². The second-order valence-electron chi connectivity index (χ2n) is 5.09. The van der Waals surface area contributed by atoms with Crippen LogP contribution in [0.25, 0.3) is 11.3 Å². The van der Waals surface area contributed by atoms with Crippen LogP contribution in [0.15, 0.2) is 30.3 Å². The van der Waals surface area contributed by atoms with Crippen molar-refractivity contribution in [2.75, 3.05) is 7.11 Å². The van der Waals surface area contributed by atoms with Gasteiger partial charge in [-0.1, -0.05) is 44.2 Å². The number of ether oxygens (including phenoxy) is 1. The van der Waals surface area contributed by atoms with Gasteiger partial charge in [0, 0.05) is 18.4 Å². The third-order valence-corrected chi connectivity index (χ3v) is 3.63. The van der Waals surface area contributed by atoms with Crippen molar-refractivity contribution < 1.29 is 19.2 Å². The summed E-state index contributed by atoms with van der Waals surface area (Å²) in [6.07, 6.45) is 0.543. The van der Waals surface area contributed by atoms with Crippen molar-refractivity contribution in [2.24, 2.45) is 0 Å². The summed E-state index contributed by atoms with van der Waals surface area (Å²) in [6, 6.07) is 9.45. The molecule has 0 radical (unpaired) electrons. The summed E-state index contributed by atoms with van der Waals surface area (Å²) in [6.45, 7) is 5.26. The van der Waals surface area contributed by atoms with E-state index in [1.165, 1.54) is 11.8 Å². The first-order valence-corrected chi connectivity index (χ1v) is 7.64. The van der Waals surface area contributed by atoms with Crippen molar-refractivity contribution in [1.82, 2.24) is 4.73 Å². The van der Waals surface area contributed by atoms with Crippen molar-refractivity contribution in [3.05, 3.63) is 41.6 Å². The summed E-state index contributed by atoms with van der Waals surface area (Å²) in [5.74, 6) is -0.197. The van der Waals surface area contributed by atoms with Crippen LogP contribution in [0.2, 0.25) is 0 Å². The Labute approximate surface area is 135 Å². The van der Waals surface area contributed by atoms with Crippen LogP contribution in [0.5, 0.6) is 5.75 Å². The van der Waals surface area contributed by atoms with Crippen molar-refractivity contribution in [3.63, 3.8) is 0 Å². The predicted octanol–water partition coefficient (Wildman–Crippen LogP) is 3.43. The minimum atomic E-state index is -0.383. The van der Waals surface area contributed by atoms with Crippen molar-refractivity contribution in [1.29, 1.82) is 0 Å². The van der Waals surface area contributed by atoms with Gasteiger partial charge in [0.05, 0.1) is 11.3 Å². The fourth-order valence-corrected chi connectivity index (χ4v) is 2.48. The zero-order chi connectivity index (χ0) is 17.0. The molecule has 0 unspecified atom stereocenters. The first kappa shape index (κ1) is 16.8. The summed E-state index contributed by atoms with van der Waals surface area (Å²) in [7, 11) is 1.52. The molecule has 0 atom stereocenters. The molecule has 1 heterocycles. The molecule has 5 heteroatoms. The highest BCUT2D eigenvalue weighted by Gasteiger charge is 2.28. The van der Waals surface area contributed by atoms with Gasteiger partial charge in [-0.25, -0.2) is 0 Å². The summed E-state index contributed by atoms with van der Waals surface area (Å²) >= 11 is 0. The van der Waals surface area contributed by atoms with Crippen LogP contribution in [0, 0.1) is 6.92 Å². The number of carbonyl (C=O) groups excluding carboxylic acids is 2. The van der Waals surface area contributed by atoms with E-state index in [-0.39, 0.29) is 23.9 Å². The molecule has 5 nitrogen and oxygen atoms in total. The smallest absolute Gasteiger partial charge is 0.310 e. The standard InChI is InChI=1S/C18H21NO4/c1-5-14(20)16-17(13-10-8-7-9-11-13)19(22-4)12(3)18(16)23-15(21)6-2/h7-11H,5-6H2,1-4H3. The molecule has 1 aromatic heterocycles. The molecular weight excluding hydrogens is 294 g/mol. The number of ketones is 1. The third-order valence-electron chi connectivity index (χ3n) is 3.63. The molecule has 23 heavy (non-hydrogen) atoms. The maximum Gasteiger partial charge on any atom is 0.310 e. The van der Waals surface area contributed by atoms with E-state index >= 15 is 0 Å². The highest BCUT2D eigenvalue weighted by Crippen LogP contribution is 2.37. The number of esters is 1. The van der Waals surface area contributed by atoms with Gasteiger partial charge >= 0.3 is 5.97 Å². The van der Waals surface area contributed by atoms with E-state index < -0.39 is 0 Å². The first-order valence-electron chi connectivity index (χ1n) is 7.64. The molecule has 0 amide bonds. The van der Waals surface area contributed by atoms with Crippen LogP contribution in [-0.4, -0.2) is 23.6 Å². The topological polar surface area (TPSA) is 57.5 Å². The SMILES string of the molecule is CCC(=O)Oc1c(C(=O)CC)c(-c2ccccc2)n(OC)c1C. The quantitative estimate of drug-likeness (QED) is 0.605.